The molecule has 3 aromatic rings. The van der Waals surface area contributed by atoms with Crippen molar-refractivity contribution in [2.75, 3.05) is 18.1 Å². The van der Waals surface area contributed by atoms with Crippen molar-refractivity contribution >= 4 is 28.6 Å². The zero-order valence-electron chi connectivity index (χ0n) is 11.9. The molecule has 2 heterocycles. The van der Waals surface area contributed by atoms with E-state index in [1.165, 1.54) is 11.8 Å². The molecule has 0 saturated carbocycles. The molecule has 0 amide bonds. The van der Waals surface area contributed by atoms with Crippen LogP contribution in [0.1, 0.15) is 13.3 Å². The number of nitrogens with zero attached hydrogens (tertiary/aromatic N) is 5. The van der Waals surface area contributed by atoms with E-state index in [2.05, 4.69) is 32.5 Å². The second kappa shape index (κ2) is 6.09. The van der Waals surface area contributed by atoms with Gasteiger partial charge in [0, 0.05) is 12.6 Å². The van der Waals surface area contributed by atoms with Gasteiger partial charge in [-0.1, -0.05) is 36.0 Å². The fraction of sp³-hybridized carbons (Fsp3) is 0.286. The van der Waals surface area contributed by atoms with Crippen LogP contribution in [0.25, 0.3) is 16.9 Å². The van der Waals surface area contributed by atoms with Gasteiger partial charge in [0.2, 0.25) is 0 Å². The molecule has 0 saturated heterocycles. The zero-order chi connectivity index (χ0) is 14.7. The standard InChI is InChI=1S/C14H16N6S/c1-3-8-15-12-9-13(17-14(16-12)21-2)20-11-7-5-4-6-10(11)18-19-20/h4-7,9H,3,8H2,1-2H3,(H,15,16,17). The molecule has 7 heteroatoms. The molecule has 0 aliphatic rings. The summed E-state index contributed by atoms with van der Waals surface area (Å²) >= 11 is 1.51. The largest absolute Gasteiger partial charge is 0.370 e. The smallest absolute Gasteiger partial charge is 0.191 e. The maximum atomic E-state index is 4.52. The number of anilines is 1. The van der Waals surface area contributed by atoms with Gasteiger partial charge in [0.15, 0.2) is 11.0 Å². The normalized spacial score (nSPS) is 11.0. The van der Waals surface area contributed by atoms with E-state index >= 15 is 0 Å². The Balaban J connectivity index is 2.08. The van der Waals surface area contributed by atoms with Crippen molar-refractivity contribution in [2.24, 2.45) is 0 Å². The van der Waals surface area contributed by atoms with Crippen LogP contribution < -0.4 is 5.32 Å². The second-order valence-corrected chi connectivity index (χ2v) is 5.29. The summed E-state index contributed by atoms with van der Waals surface area (Å²) in [5, 5.41) is 12.4. The average molecular weight is 300 g/mol. The quantitative estimate of drug-likeness (QED) is 0.577. The molecule has 1 aromatic carbocycles. The van der Waals surface area contributed by atoms with Crippen molar-refractivity contribution in [1.82, 2.24) is 25.0 Å². The lowest BCUT2D eigenvalue weighted by Gasteiger charge is -2.08. The van der Waals surface area contributed by atoms with E-state index < -0.39 is 0 Å². The van der Waals surface area contributed by atoms with E-state index in [4.69, 9.17) is 0 Å². The maximum absolute atomic E-state index is 4.52. The van der Waals surface area contributed by atoms with Crippen LogP contribution >= 0.6 is 11.8 Å². The Kier molecular flexibility index (Phi) is 4.01. The zero-order valence-corrected chi connectivity index (χ0v) is 12.8. The summed E-state index contributed by atoms with van der Waals surface area (Å²) in [4.78, 5) is 8.98. The van der Waals surface area contributed by atoms with Crippen LogP contribution in [0.15, 0.2) is 35.5 Å². The SMILES string of the molecule is CCCNc1cc(-n2nnc3ccccc32)nc(SC)n1. The minimum atomic E-state index is 0.714. The van der Waals surface area contributed by atoms with Crippen LogP contribution in [-0.4, -0.2) is 37.8 Å². The van der Waals surface area contributed by atoms with Crippen LogP contribution in [0.4, 0.5) is 5.82 Å². The van der Waals surface area contributed by atoms with Crippen LogP contribution in [-0.2, 0) is 0 Å². The van der Waals surface area contributed by atoms with Gasteiger partial charge in [-0.3, -0.25) is 0 Å². The summed E-state index contributed by atoms with van der Waals surface area (Å²) in [5.74, 6) is 1.53. The monoisotopic (exact) mass is 300 g/mol. The highest BCUT2D eigenvalue weighted by molar-refractivity contribution is 7.98. The number of para-hydroxylation sites is 1. The summed E-state index contributed by atoms with van der Waals surface area (Å²) in [5.41, 5.74) is 1.79. The lowest BCUT2D eigenvalue weighted by Crippen LogP contribution is -2.07. The van der Waals surface area contributed by atoms with E-state index in [9.17, 15) is 0 Å². The Morgan fingerprint density at radius 1 is 1.24 bits per heavy atom. The molecule has 3 rings (SSSR count). The van der Waals surface area contributed by atoms with Crippen molar-refractivity contribution < 1.29 is 0 Å². The molecule has 0 fully saturated rings. The third-order valence-corrected chi connectivity index (χ3v) is 3.55. The third kappa shape index (κ3) is 2.82. The lowest BCUT2D eigenvalue weighted by molar-refractivity contribution is 0.776. The van der Waals surface area contributed by atoms with Gasteiger partial charge in [-0.25, -0.2) is 9.97 Å². The molecule has 0 unspecified atom stereocenters. The molecule has 108 valence electrons. The Bertz CT molecular complexity index is 754. The first-order chi connectivity index (χ1) is 10.3. The van der Waals surface area contributed by atoms with Gasteiger partial charge in [-0.15, -0.1) is 5.10 Å². The van der Waals surface area contributed by atoms with Crippen LogP contribution in [0.2, 0.25) is 0 Å². The summed E-state index contributed by atoms with van der Waals surface area (Å²) in [7, 11) is 0. The second-order valence-electron chi connectivity index (χ2n) is 4.51. The average Bonchev–Trinajstić information content (AvgIpc) is 2.96. The van der Waals surface area contributed by atoms with E-state index in [1.54, 1.807) is 4.68 Å². The molecule has 1 N–H and O–H groups in total. The van der Waals surface area contributed by atoms with Crippen molar-refractivity contribution in [2.45, 2.75) is 18.5 Å². The Hall–Kier alpha value is -2.15. The van der Waals surface area contributed by atoms with E-state index in [1.807, 2.05) is 36.6 Å². The summed E-state index contributed by atoms with van der Waals surface area (Å²) in [6, 6.07) is 9.73. The fourth-order valence-corrected chi connectivity index (χ4v) is 2.37. The molecule has 0 aliphatic carbocycles. The molecular weight excluding hydrogens is 284 g/mol. The predicted molar refractivity (Wildman–Crippen MR) is 85.0 cm³/mol. The number of nitrogens with one attached hydrogen (secondary N) is 1. The van der Waals surface area contributed by atoms with Gasteiger partial charge >= 0.3 is 0 Å². The summed E-state index contributed by atoms with van der Waals surface area (Å²) in [6.45, 7) is 3.00. The molecule has 0 aliphatic heterocycles. The van der Waals surface area contributed by atoms with Gasteiger partial charge in [0.1, 0.15) is 11.3 Å². The van der Waals surface area contributed by atoms with Gasteiger partial charge in [-0.2, -0.15) is 4.68 Å². The Morgan fingerprint density at radius 3 is 2.90 bits per heavy atom. The van der Waals surface area contributed by atoms with Crippen molar-refractivity contribution in [3.63, 3.8) is 0 Å². The first-order valence-corrected chi connectivity index (χ1v) is 8.02. The molecule has 0 spiro atoms. The molecular formula is C14H16N6S. The van der Waals surface area contributed by atoms with Crippen LogP contribution in [0.5, 0.6) is 0 Å². The minimum absolute atomic E-state index is 0.714. The summed E-state index contributed by atoms with van der Waals surface area (Å²) < 4.78 is 1.74. The number of thioether (sulfide) groups is 1. The summed E-state index contributed by atoms with van der Waals surface area (Å²) in [6.07, 6.45) is 3.00. The highest BCUT2D eigenvalue weighted by Crippen LogP contribution is 2.19. The van der Waals surface area contributed by atoms with E-state index in [0.717, 1.165) is 35.6 Å². The highest BCUT2D eigenvalue weighted by atomic mass is 32.2. The van der Waals surface area contributed by atoms with Gasteiger partial charge < -0.3 is 5.32 Å². The molecule has 2 aromatic heterocycles. The number of benzene rings is 1. The number of hydrogen-bond acceptors (Lipinski definition) is 6. The van der Waals surface area contributed by atoms with Crippen molar-refractivity contribution in [3.05, 3.63) is 30.3 Å². The first-order valence-electron chi connectivity index (χ1n) is 6.79. The number of aromatic nitrogens is 5. The van der Waals surface area contributed by atoms with Gasteiger partial charge in [0.25, 0.3) is 0 Å². The first kappa shape index (κ1) is 13.8. The van der Waals surface area contributed by atoms with Gasteiger partial charge in [-0.05, 0) is 24.8 Å². The van der Waals surface area contributed by atoms with Crippen molar-refractivity contribution in [3.8, 4) is 5.82 Å². The van der Waals surface area contributed by atoms with Crippen LogP contribution in [0, 0.1) is 0 Å². The van der Waals surface area contributed by atoms with Gasteiger partial charge in [0.05, 0.1) is 5.52 Å². The maximum Gasteiger partial charge on any atom is 0.191 e. The lowest BCUT2D eigenvalue weighted by atomic mass is 10.3. The third-order valence-electron chi connectivity index (χ3n) is 3.00. The number of hydrogen-bond donors (Lipinski definition) is 1. The highest BCUT2D eigenvalue weighted by Gasteiger charge is 2.10. The molecule has 0 atom stereocenters. The number of rotatable bonds is 5. The molecule has 0 bridgehead atoms. The minimum Gasteiger partial charge on any atom is -0.370 e. The van der Waals surface area contributed by atoms with E-state index in [-0.39, 0.29) is 0 Å². The fourth-order valence-electron chi connectivity index (χ4n) is 1.99. The van der Waals surface area contributed by atoms with Crippen molar-refractivity contribution in [1.29, 1.82) is 0 Å². The molecule has 6 nitrogen and oxygen atoms in total. The Labute approximate surface area is 127 Å². The molecule has 21 heavy (non-hydrogen) atoms. The topological polar surface area (TPSA) is 68.5 Å². The predicted octanol–water partition coefficient (Wildman–Crippen LogP) is 2.75. The molecule has 0 radical (unpaired) electrons. The van der Waals surface area contributed by atoms with Crippen LogP contribution in [0.3, 0.4) is 0 Å². The number of fused-ring (bicyclic) bond motifs is 1. The Morgan fingerprint density at radius 2 is 2.10 bits per heavy atom. The van der Waals surface area contributed by atoms with E-state index in [0.29, 0.717) is 5.16 Å².